The molecule has 0 saturated heterocycles. The number of halogens is 3. The summed E-state index contributed by atoms with van der Waals surface area (Å²) in [4.78, 5) is 30.1. The topological polar surface area (TPSA) is 62.3 Å². The first-order chi connectivity index (χ1) is 14.2. The summed E-state index contributed by atoms with van der Waals surface area (Å²) in [5.74, 6) is -0.941. The second-order valence-corrected chi connectivity index (χ2v) is 7.89. The number of amides is 2. The van der Waals surface area contributed by atoms with Gasteiger partial charge in [-0.25, -0.2) is 4.98 Å². The van der Waals surface area contributed by atoms with Gasteiger partial charge in [-0.05, 0) is 37.1 Å². The van der Waals surface area contributed by atoms with Gasteiger partial charge in [0.05, 0.1) is 33.0 Å². The number of aryl methyl sites for hydroxylation is 1. The van der Waals surface area contributed by atoms with E-state index in [1.807, 2.05) is 24.3 Å². The van der Waals surface area contributed by atoms with Crippen LogP contribution in [0, 0.1) is 0 Å². The summed E-state index contributed by atoms with van der Waals surface area (Å²) in [6.07, 6.45) is -3.14. The number of nitrogens with one attached hydrogen (secondary N) is 1. The second kappa shape index (κ2) is 9.25. The van der Waals surface area contributed by atoms with Crippen LogP contribution in [0.25, 0.3) is 10.2 Å². The summed E-state index contributed by atoms with van der Waals surface area (Å²) in [6, 6.07) is 12.5. The van der Waals surface area contributed by atoms with E-state index in [2.05, 4.69) is 10.3 Å². The van der Waals surface area contributed by atoms with Crippen molar-refractivity contribution >= 4 is 39.1 Å². The van der Waals surface area contributed by atoms with Crippen LogP contribution in [-0.2, 0) is 22.2 Å². The maximum absolute atomic E-state index is 13.0. The lowest BCUT2D eigenvalue weighted by Crippen LogP contribution is -2.35. The van der Waals surface area contributed by atoms with Crippen LogP contribution in [0.15, 0.2) is 48.5 Å². The number of fused-ring (bicyclic) bond motifs is 1. The van der Waals surface area contributed by atoms with Crippen molar-refractivity contribution < 1.29 is 22.8 Å². The molecule has 0 aliphatic carbocycles. The molecule has 1 N–H and O–H groups in total. The molecule has 9 heteroatoms. The molecular weight excluding hydrogens is 415 g/mol. The summed E-state index contributed by atoms with van der Waals surface area (Å²) < 4.78 is 40.1. The molecule has 2 aromatic carbocycles. The minimum Gasteiger partial charge on any atom is -0.336 e. The fourth-order valence-corrected chi connectivity index (χ4v) is 3.95. The van der Waals surface area contributed by atoms with Crippen LogP contribution in [0.3, 0.4) is 0 Å². The minimum atomic E-state index is -4.58. The lowest BCUT2D eigenvalue weighted by atomic mass is 10.1. The zero-order valence-electron chi connectivity index (χ0n) is 16.2. The van der Waals surface area contributed by atoms with Crippen LogP contribution < -0.4 is 5.32 Å². The van der Waals surface area contributed by atoms with E-state index in [1.165, 1.54) is 30.1 Å². The number of carbonyl (C=O) groups excluding carboxylic acids is 2. The highest BCUT2D eigenvalue weighted by atomic mass is 32.1. The Hall–Kier alpha value is -2.94. The third-order valence-corrected chi connectivity index (χ3v) is 5.53. The van der Waals surface area contributed by atoms with Crippen LogP contribution in [0.4, 0.5) is 18.9 Å². The Kier molecular flexibility index (Phi) is 6.71. The standard InChI is InChI=1S/C21H20F3N3O2S/c1-27(13-18(28)25-15-8-3-2-7-14(15)21(22,23)24)20(29)12-6-11-19-26-16-9-4-5-10-17(16)30-19/h2-5,7-10H,6,11-13H2,1H3,(H,25,28). The largest absolute Gasteiger partial charge is 0.418 e. The molecule has 158 valence electrons. The number of carbonyl (C=O) groups is 2. The summed E-state index contributed by atoms with van der Waals surface area (Å²) in [7, 11) is 1.45. The number of alkyl halides is 3. The maximum Gasteiger partial charge on any atom is 0.418 e. The van der Waals surface area contributed by atoms with Gasteiger partial charge in [-0.1, -0.05) is 24.3 Å². The molecule has 5 nitrogen and oxygen atoms in total. The Balaban J connectivity index is 1.48. The molecular formula is C21H20F3N3O2S. The van der Waals surface area contributed by atoms with Gasteiger partial charge < -0.3 is 10.2 Å². The Bertz CT molecular complexity index is 1020. The fraction of sp³-hybridized carbons (Fsp3) is 0.286. The molecule has 1 aromatic heterocycles. The van der Waals surface area contributed by atoms with Crippen molar-refractivity contribution in [3.63, 3.8) is 0 Å². The maximum atomic E-state index is 13.0. The van der Waals surface area contributed by atoms with Gasteiger partial charge in [0.25, 0.3) is 0 Å². The number of nitrogens with zero attached hydrogens (tertiary/aromatic N) is 2. The van der Waals surface area contributed by atoms with Gasteiger partial charge >= 0.3 is 6.18 Å². The van der Waals surface area contributed by atoms with E-state index in [1.54, 1.807) is 11.3 Å². The molecule has 0 radical (unpaired) electrons. The monoisotopic (exact) mass is 435 g/mol. The smallest absolute Gasteiger partial charge is 0.336 e. The predicted molar refractivity (Wildman–Crippen MR) is 110 cm³/mol. The van der Waals surface area contributed by atoms with Gasteiger partial charge in [-0.3, -0.25) is 9.59 Å². The van der Waals surface area contributed by atoms with Crippen molar-refractivity contribution in [1.82, 2.24) is 9.88 Å². The number of likely N-dealkylation sites (N-methyl/N-ethyl adjacent to an activating group) is 1. The van der Waals surface area contributed by atoms with E-state index in [-0.39, 0.29) is 24.6 Å². The molecule has 30 heavy (non-hydrogen) atoms. The van der Waals surface area contributed by atoms with E-state index in [0.29, 0.717) is 12.8 Å². The zero-order chi connectivity index (χ0) is 21.7. The van der Waals surface area contributed by atoms with Crippen molar-refractivity contribution in [2.45, 2.75) is 25.4 Å². The number of hydrogen-bond acceptors (Lipinski definition) is 4. The Morgan fingerprint density at radius 1 is 1.10 bits per heavy atom. The van der Waals surface area contributed by atoms with Gasteiger partial charge in [-0.2, -0.15) is 13.2 Å². The summed E-state index contributed by atoms with van der Waals surface area (Å²) in [5.41, 5.74) is -0.327. The van der Waals surface area contributed by atoms with Gasteiger partial charge in [-0.15, -0.1) is 11.3 Å². The molecule has 0 aliphatic rings. The number of rotatable bonds is 7. The van der Waals surface area contributed by atoms with Gasteiger partial charge in [0.2, 0.25) is 11.8 Å². The highest BCUT2D eigenvalue weighted by molar-refractivity contribution is 7.18. The zero-order valence-corrected chi connectivity index (χ0v) is 17.0. The first-order valence-corrected chi connectivity index (χ1v) is 10.1. The first kappa shape index (κ1) is 21.8. The van der Waals surface area contributed by atoms with Crippen molar-refractivity contribution in [3.8, 4) is 0 Å². The fourth-order valence-electron chi connectivity index (χ4n) is 2.94. The van der Waals surface area contributed by atoms with Crippen molar-refractivity contribution in [1.29, 1.82) is 0 Å². The number of hydrogen-bond donors (Lipinski definition) is 1. The molecule has 1 heterocycles. The highest BCUT2D eigenvalue weighted by Gasteiger charge is 2.33. The van der Waals surface area contributed by atoms with E-state index in [9.17, 15) is 22.8 Å². The molecule has 2 amide bonds. The van der Waals surface area contributed by atoms with Crippen LogP contribution in [0.1, 0.15) is 23.4 Å². The molecule has 0 fully saturated rings. The van der Waals surface area contributed by atoms with Crippen LogP contribution in [0.2, 0.25) is 0 Å². The Labute approximate surface area is 175 Å². The van der Waals surface area contributed by atoms with Crippen LogP contribution >= 0.6 is 11.3 Å². The lowest BCUT2D eigenvalue weighted by molar-refractivity contribution is -0.137. The normalized spacial score (nSPS) is 11.5. The molecule has 0 atom stereocenters. The van der Waals surface area contributed by atoms with Crippen molar-refractivity contribution in [3.05, 3.63) is 59.1 Å². The predicted octanol–water partition coefficient (Wildman–Crippen LogP) is 4.73. The first-order valence-electron chi connectivity index (χ1n) is 9.28. The molecule has 0 spiro atoms. The number of aromatic nitrogens is 1. The summed E-state index contributed by atoms with van der Waals surface area (Å²) in [6.45, 7) is -0.327. The van der Waals surface area contributed by atoms with Gasteiger partial charge in [0, 0.05) is 13.5 Å². The highest BCUT2D eigenvalue weighted by Crippen LogP contribution is 2.34. The minimum absolute atomic E-state index is 0.221. The number of benzene rings is 2. The molecule has 3 aromatic rings. The number of thiazole rings is 1. The van der Waals surface area contributed by atoms with E-state index >= 15 is 0 Å². The average Bonchev–Trinajstić information content (AvgIpc) is 3.10. The van der Waals surface area contributed by atoms with Crippen molar-refractivity contribution in [2.75, 3.05) is 18.9 Å². The van der Waals surface area contributed by atoms with Crippen LogP contribution in [-0.4, -0.2) is 35.3 Å². The van der Waals surface area contributed by atoms with Crippen molar-refractivity contribution in [2.24, 2.45) is 0 Å². The summed E-state index contributed by atoms with van der Waals surface area (Å²) >= 11 is 1.58. The van der Waals surface area contributed by atoms with Gasteiger partial charge in [0.15, 0.2) is 0 Å². The molecule has 0 aliphatic heterocycles. The quantitative estimate of drug-likeness (QED) is 0.583. The third kappa shape index (κ3) is 5.56. The van der Waals surface area contributed by atoms with Gasteiger partial charge in [0.1, 0.15) is 0 Å². The molecule has 0 unspecified atom stereocenters. The van der Waals surface area contributed by atoms with E-state index in [0.717, 1.165) is 21.3 Å². The lowest BCUT2D eigenvalue weighted by Gasteiger charge is -2.18. The Morgan fingerprint density at radius 3 is 2.53 bits per heavy atom. The molecule has 0 bridgehead atoms. The second-order valence-electron chi connectivity index (χ2n) is 6.77. The average molecular weight is 435 g/mol. The molecule has 0 saturated carbocycles. The number of anilines is 1. The van der Waals surface area contributed by atoms with E-state index in [4.69, 9.17) is 0 Å². The van der Waals surface area contributed by atoms with Crippen LogP contribution in [0.5, 0.6) is 0 Å². The number of para-hydroxylation sites is 2. The third-order valence-electron chi connectivity index (χ3n) is 4.43. The summed E-state index contributed by atoms with van der Waals surface area (Å²) in [5, 5.41) is 3.18. The van der Waals surface area contributed by atoms with E-state index < -0.39 is 17.6 Å². The molecule has 3 rings (SSSR count). The SMILES string of the molecule is CN(CC(=O)Nc1ccccc1C(F)(F)F)C(=O)CCCc1nc2ccccc2s1. The Morgan fingerprint density at radius 2 is 1.80 bits per heavy atom.